The van der Waals surface area contributed by atoms with Gasteiger partial charge in [-0.15, -0.1) is 11.3 Å². The minimum atomic E-state index is -4.39. The van der Waals surface area contributed by atoms with E-state index < -0.39 is 18.4 Å². The zero-order chi connectivity index (χ0) is 30.4. The Morgan fingerprint density at radius 2 is 1.91 bits per heavy atom. The molecule has 2 aliphatic rings. The van der Waals surface area contributed by atoms with Crippen molar-refractivity contribution in [2.24, 2.45) is 0 Å². The molecule has 0 saturated carbocycles. The molecule has 0 atom stereocenters. The van der Waals surface area contributed by atoms with Crippen LogP contribution in [0.25, 0.3) is 14.9 Å². The number of piperidine rings is 1. The van der Waals surface area contributed by atoms with Crippen molar-refractivity contribution in [3.05, 3.63) is 58.0 Å². The van der Waals surface area contributed by atoms with Crippen LogP contribution < -0.4 is 20.3 Å². The first-order valence-electron chi connectivity index (χ1n) is 14.1. The molecule has 0 bridgehead atoms. The molecule has 228 valence electrons. The predicted octanol–water partition coefficient (Wildman–Crippen LogP) is 6.21. The minimum Gasteiger partial charge on any atom is -0.424 e. The number of benzene rings is 2. The molecule has 2 saturated heterocycles. The van der Waals surface area contributed by atoms with Crippen molar-refractivity contribution in [2.75, 3.05) is 75.2 Å². The van der Waals surface area contributed by atoms with Crippen LogP contribution in [0.2, 0.25) is 0 Å². The molecular formula is C31H33F4N5O2S. The van der Waals surface area contributed by atoms with Gasteiger partial charge in [0.1, 0.15) is 5.82 Å². The lowest BCUT2D eigenvalue weighted by Crippen LogP contribution is -2.36. The average molecular weight is 616 g/mol. The van der Waals surface area contributed by atoms with Crippen LogP contribution in [0, 0.1) is 24.2 Å². The number of fused-ring (bicyclic) bond motifs is 1. The highest BCUT2D eigenvalue weighted by molar-refractivity contribution is 7.20. The summed E-state index contributed by atoms with van der Waals surface area (Å²) in [6, 6.07) is 8.51. The topological polar surface area (TPSA) is 53.4 Å². The van der Waals surface area contributed by atoms with Crippen LogP contribution in [-0.4, -0.2) is 76.8 Å². The molecule has 3 aromatic rings. The van der Waals surface area contributed by atoms with E-state index in [1.807, 2.05) is 11.0 Å². The van der Waals surface area contributed by atoms with E-state index in [0.717, 1.165) is 36.3 Å². The number of alkyl halides is 3. The summed E-state index contributed by atoms with van der Waals surface area (Å²) >= 11 is 1.25. The van der Waals surface area contributed by atoms with Crippen LogP contribution in [0.4, 0.5) is 34.6 Å². The molecule has 2 aromatic carbocycles. The van der Waals surface area contributed by atoms with E-state index in [2.05, 4.69) is 39.3 Å². The van der Waals surface area contributed by atoms with E-state index in [-0.39, 0.29) is 24.9 Å². The first kappa shape index (κ1) is 30.7. The van der Waals surface area contributed by atoms with Crippen molar-refractivity contribution in [3.8, 4) is 17.6 Å². The van der Waals surface area contributed by atoms with E-state index in [9.17, 15) is 13.2 Å². The molecule has 2 aliphatic heterocycles. The zero-order valence-corrected chi connectivity index (χ0v) is 24.6. The molecule has 7 nitrogen and oxygen atoms in total. The Morgan fingerprint density at radius 3 is 2.63 bits per heavy atom. The Hall–Kier alpha value is -3.71. The number of rotatable bonds is 8. The van der Waals surface area contributed by atoms with Crippen LogP contribution in [0.3, 0.4) is 0 Å². The lowest BCUT2D eigenvalue weighted by molar-refractivity contribution is -0.126. The molecule has 12 heteroatoms. The Balaban J connectivity index is 1.38. The van der Waals surface area contributed by atoms with E-state index in [0.29, 0.717) is 53.7 Å². The maximum Gasteiger partial charge on any atom is 0.393 e. The van der Waals surface area contributed by atoms with Gasteiger partial charge in [-0.2, -0.15) is 13.2 Å². The molecule has 2 fully saturated rings. The summed E-state index contributed by atoms with van der Waals surface area (Å²) in [5.74, 6) is 5.69. The van der Waals surface area contributed by atoms with E-state index in [4.69, 9.17) is 16.0 Å². The van der Waals surface area contributed by atoms with Crippen molar-refractivity contribution in [2.45, 2.75) is 31.5 Å². The summed E-state index contributed by atoms with van der Waals surface area (Å²) in [6.45, 7) is 10.8. The number of halogens is 4. The Labute approximate surface area is 252 Å². The quantitative estimate of drug-likeness (QED) is 0.179. The van der Waals surface area contributed by atoms with Crippen molar-refractivity contribution < 1.29 is 27.0 Å². The van der Waals surface area contributed by atoms with Gasteiger partial charge in [0, 0.05) is 31.3 Å². The minimum absolute atomic E-state index is 0.0329. The number of hydrogen-bond donors (Lipinski definition) is 2. The van der Waals surface area contributed by atoms with Gasteiger partial charge in [-0.1, -0.05) is 24.0 Å². The lowest BCUT2D eigenvalue weighted by Gasteiger charge is -2.30. The Kier molecular flexibility index (Phi) is 9.81. The molecule has 0 unspecified atom stereocenters. The summed E-state index contributed by atoms with van der Waals surface area (Å²) in [6.07, 6.45) is -3.55. The number of nitrogens with zero attached hydrogens (tertiary/aromatic N) is 3. The molecule has 43 heavy (non-hydrogen) atoms. The fraction of sp³-hybridized carbons (Fsp3) is 0.452. The van der Waals surface area contributed by atoms with Gasteiger partial charge in [-0.25, -0.2) is 11.0 Å². The highest BCUT2D eigenvalue weighted by Crippen LogP contribution is 2.39. The molecule has 0 radical (unpaired) electrons. The van der Waals surface area contributed by atoms with Gasteiger partial charge < -0.3 is 29.9 Å². The smallest absolute Gasteiger partial charge is 0.393 e. The van der Waals surface area contributed by atoms with Gasteiger partial charge in [0.15, 0.2) is 5.75 Å². The first-order chi connectivity index (χ1) is 20.7. The van der Waals surface area contributed by atoms with Crippen molar-refractivity contribution in [1.29, 1.82) is 0 Å². The molecule has 0 aliphatic carbocycles. The van der Waals surface area contributed by atoms with Gasteiger partial charge in [0.25, 0.3) is 0 Å². The molecule has 2 N–H and O–H groups in total. The second-order valence-corrected chi connectivity index (χ2v) is 11.6. The molecule has 5 rings (SSSR count). The molecule has 0 spiro atoms. The molecule has 3 heterocycles. The van der Waals surface area contributed by atoms with Crippen LogP contribution in [0.15, 0.2) is 30.3 Å². The molecular weight excluding hydrogens is 582 g/mol. The van der Waals surface area contributed by atoms with Crippen LogP contribution >= 0.6 is 11.3 Å². The van der Waals surface area contributed by atoms with E-state index in [1.165, 1.54) is 17.4 Å². The summed E-state index contributed by atoms with van der Waals surface area (Å²) < 4.78 is 67.7. The van der Waals surface area contributed by atoms with Gasteiger partial charge in [-0.3, -0.25) is 4.85 Å². The molecule has 0 amide bonds. The molecule has 1 aromatic heterocycles. The number of hydrogen-bond acceptors (Lipinski definition) is 7. The lowest BCUT2D eigenvalue weighted by atomic mass is 10.0. The monoisotopic (exact) mass is 615 g/mol. The number of thiophene rings is 1. The highest BCUT2D eigenvalue weighted by Gasteiger charge is 2.31. The van der Waals surface area contributed by atoms with Crippen LogP contribution in [0.1, 0.15) is 23.3 Å². The van der Waals surface area contributed by atoms with E-state index in [1.54, 1.807) is 18.2 Å². The summed E-state index contributed by atoms with van der Waals surface area (Å²) in [4.78, 5) is 7.70. The largest absolute Gasteiger partial charge is 0.424 e. The number of nitrogens with one attached hydrogen (secondary N) is 2. The standard InChI is InChI=1S/C31H33F4N5O2S/c1-36-20-42-28-18-27(40-13-15-41-16-14-40)24(32)17-26(28)37-10-4-7-29-23(19-31(33,34)35)22-5-3-6-25(30(22)43-29)38-21-8-11-39(2)12-9-21/h3,5-6,17-18,21,37-38H,8-16,19-20H2,2H3. The van der Waals surface area contributed by atoms with Crippen molar-refractivity contribution in [3.63, 3.8) is 0 Å². The van der Waals surface area contributed by atoms with Gasteiger partial charge in [-0.05, 0) is 50.0 Å². The maximum absolute atomic E-state index is 15.1. The van der Waals surface area contributed by atoms with Gasteiger partial charge in [0.05, 0.1) is 52.8 Å². The second-order valence-electron chi connectivity index (χ2n) is 10.6. The fourth-order valence-electron chi connectivity index (χ4n) is 5.35. The fourth-order valence-corrected chi connectivity index (χ4v) is 6.52. The number of likely N-dealkylation sites (tertiary alicyclic amines) is 1. The number of morpholine rings is 1. The van der Waals surface area contributed by atoms with Crippen LogP contribution in [-0.2, 0) is 11.2 Å². The van der Waals surface area contributed by atoms with Crippen LogP contribution in [0.5, 0.6) is 5.75 Å². The second kappa shape index (κ2) is 13.7. The average Bonchev–Trinajstić information content (AvgIpc) is 3.33. The maximum atomic E-state index is 15.1. The van der Waals surface area contributed by atoms with Gasteiger partial charge in [0.2, 0.25) is 0 Å². The predicted molar refractivity (Wildman–Crippen MR) is 163 cm³/mol. The Morgan fingerprint density at radius 1 is 1.14 bits per heavy atom. The highest BCUT2D eigenvalue weighted by atomic mass is 32.1. The summed E-state index contributed by atoms with van der Waals surface area (Å²) in [7, 11) is 2.08. The number of ether oxygens (including phenoxy) is 2. The third-order valence-corrected chi connectivity index (χ3v) is 8.72. The third kappa shape index (κ3) is 7.82. The van der Waals surface area contributed by atoms with Crippen molar-refractivity contribution >= 4 is 38.5 Å². The normalized spacial score (nSPS) is 16.4. The first-order valence-corrected chi connectivity index (χ1v) is 14.9. The summed E-state index contributed by atoms with van der Waals surface area (Å²) in [5, 5.41) is 7.12. The Bertz CT molecular complexity index is 1530. The summed E-state index contributed by atoms with van der Waals surface area (Å²) in [5.41, 5.74) is 1.65. The van der Waals surface area contributed by atoms with Crippen molar-refractivity contribution in [1.82, 2.24) is 4.90 Å². The zero-order valence-electron chi connectivity index (χ0n) is 23.8. The third-order valence-electron chi connectivity index (χ3n) is 7.53. The number of anilines is 3. The SMILES string of the molecule is [C-]#[N+]COc1cc(N2CCOCC2)c(F)cc1NCC#Cc1sc2c(NC3CCN(C)CC3)cccc2c1CC(F)(F)F. The van der Waals surface area contributed by atoms with E-state index >= 15 is 4.39 Å². The van der Waals surface area contributed by atoms with Gasteiger partial charge >= 0.3 is 12.9 Å².